The fourth-order valence-corrected chi connectivity index (χ4v) is 2.02. The zero-order valence-corrected chi connectivity index (χ0v) is 9.41. The Morgan fingerprint density at radius 1 is 1.18 bits per heavy atom. The van der Waals surface area contributed by atoms with Crippen molar-refractivity contribution in [3.8, 4) is 0 Å². The van der Waals surface area contributed by atoms with E-state index < -0.39 is 41.5 Å². The van der Waals surface area contributed by atoms with Gasteiger partial charge in [0.1, 0.15) is 0 Å². The van der Waals surface area contributed by atoms with Crippen molar-refractivity contribution < 1.29 is 27.1 Å². The van der Waals surface area contributed by atoms with Gasteiger partial charge in [0.15, 0.2) is 29.5 Å². The Labute approximate surface area is 95.6 Å². The maximum atomic E-state index is 13.7. The molecule has 1 N–H and O–H groups in total. The molecule has 2 unspecified atom stereocenters. The first-order valence-electron chi connectivity index (χ1n) is 5.14. The maximum Gasteiger partial charge on any atom is 0.196 e. The molecule has 1 aliphatic rings. The van der Waals surface area contributed by atoms with Crippen LogP contribution in [-0.4, -0.2) is 17.9 Å². The molecule has 1 rings (SSSR count). The lowest BCUT2D eigenvalue weighted by Crippen LogP contribution is -2.41. The van der Waals surface area contributed by atoms with Gasteiger partial charge in [0.05, 0.1) is 12.0 Å². The van der Waals surface area contributed by atoms with E-state index in [1.165, 1.54) is 0 Å². The van der Waals surface area contributed by atoms with Crippen LogP contribution in [0.15, 0.2) is 23.3 Å². The first-order valence-corrected chi connectivity index (χ1v) is 5.14. The van der Waals surface area contributed by atoms with Gasteiger partial charge in [-0.15, -0.1) is 0 Å². The van der Waals surface area contributed by atoms with Gasteiger partial charge >= 0.3 is 0 Å². The lowest BCUT2D eigenvalue weighted by atomic mass is 9.72. The molecule has 0 spiro atoms. The second-order valence-electron chi connectivity index (χ2n) is 4.56. The summed E-state index contributed by atoms with van der Waals surface area (Å²) in [5, 5.41) is 9.06. The van der Waals surface area contributed by atoms with E-state index in [0.29, 0.717) is 0 Å². The fourth-order valence-electron chi connectivity index (χ4n) is 2.02. The highest BCUT2D eigenvalue weighted by Crippen LogP contribution is 2.50. The van der Waals surface area contributed by atoms with Gasteiger partial charge in [-0.2, -0.15) is 0 Å². The van der Waals surface area contributed by atoms with Crippen molar-refractivity contribution in [1.82, 2.24) is 0 Å². The topological polar surface area (TPSA) is 20.2 Å². The SMILES string of the molecule is CC(C)CC1(CO)C(F)=C(F)C(F)=C(F)C1F. The summed E-state index contributed by atoms with van der Waals surface area (Å²) in [7, 11) is 0. The summed E-state index contributed by atoms with van der Waals surface area (Å²) in [6.45, 7) is 2.01. The average molecular weight is 256 g/mol. The highest BCUT2D eigenvalue weighted by atomic mass is 19.2. The minimum Gasteiger partial charge on any atom is -0.395 e. The molecule has 0 bridgehead atoms. The molecule has 0 fully saturated rings. The minimum absolute atomic E-state index is 0.326. The van der Waals surface area contributed by atoms with Crippen LogP contribution in [0.3, 0.4) is 0 Å². The maximum absolute atomic E-state index is 13.7. The van der Waals surface area contributed by atoms with Crippen LogP contribution in [0.25, 0.3) is 0 Å². The molecule has 0 saturated carbocycles. The summed E-state index contributed by atoms with van der Waals surface area (Å²) >= 11 is 0. The van der Waals surface area contributed by atoms with E-state index >= 15 is 0 Å². The number of aliphatic hydroxyl groups excluding tert-OH is 1. The van der Waals surface area contributed by atoms with Crippen LogP contribution in [0.4, 0.5) is 22.0 Å². The molecule has 0 aliphatic heterocycles. The third-order valence-electron chi connectivity index (χ3n) is 2.79. The quantitative estimate of drug-likeness (QED) is 0.764. The summed E-state index contributed by atoms with van der Waals surface area (Å²) in [6, 6.07) is 0. The van der Waals surface area contributed by atoms with Crippen molar-refractivity contribution in [1.29, 1.82) is 0 Å². The van der Waals surface area contributed by atoms with Gasteiger partial charge in [0.25, 0.3) is 0 Å². The van der Waals surface area contributed by atoms with Gasteiger partial charge in [0, 0.05) is 0 Å². The van der Waals surface area contributed by atoms with Crippen LogP contribution < -0.4 is 0 Å². The van der Waals surface area contributed by atoms with E-state index in [4.69, 9.17) is 5.11 Å². The number of hydrogen-bond donors (Lipinski definition) is 1. The van der Waals surface area contributed by atoms with Crippen LogP contribution in [-0.2, 0) is 0 Å². The highest BCUT2D eigenvalue weighted by Gasteiger charge is 2.52. The van der Waals surface area contributed by atoms with Crippen LogP contribution in [0.2, 0.25) is 0 Å². The molecule has 6 heteroatoms. The van der Waals surface area contributed by atoms with E-state index in [0.717, 1.165) is 0 Å². The van der Waals surface area contributed by atoms with E-state index in [2.05, 4.69) is 0 Å². The van der Waals surface area contributed by atoms with Crippen molar-refractivity contribution in [3.63, 3.8) is 0 Å². The Morgan fingerprint density at radius 2 is 1.71 bits per heavy atom. The predicted molar refractivity (Wildman–Crippen MR) is 52.4 cm³/mol. The Hall–Kier alpha value is -0.910. The number of allylic oxidation sites excluding steroid dienone is 3. The second kappa shape index (κ2) is 4.76. The zero-order valence-electron chi connectivity index (χ0n) is 9.41. The molecular weight excluding hydrogens is 243 g/mol. The molecule has 0 aromatic heterocycles. The van der Waals surface area contributed by atoms with Gasteiger partial charge in [-0.3, -0.25) is 0 Å². The molecule has 0 amide bonds. The Bertz CT molecular complexity index is 374. The first-order chi connectivity index (χ1) is 7.77. The van der Waals surface area contributed by atoms with Crippen molar-refractivity contribution >= 4 is 0 Å². The van der Waals surface area contributed by atoms with Crippen LogP contribution in [0.1, 0.15) is 20.3 Å². The van der Waals surface area contributed by atoms with Gasteiger partial charge in [-0.25, -0.2) is 22.0 Å². The monoisotopic (exact) mass is 256 g/mol. The predicted octanol–water partition coefficient (Wildman–Crippen LogP) is 3.66. The molecule has 0 radical (unpaired) electrons. The van der Waals surface area contributed by atoms with Gasteiger partial charge < -0.3 is 5.11 Å². The smallest absolute Gasteiger partial charge is 0.196 e. The van der Waals surface area contributed by atoms with Gasteiger partial charge in [-0.1, -0.05) is 13.8 Å². The van der Waals surface area contributed by atoms with Crippen LogP contribution in [0, 0.1) is 11.3 Å². The van der Waals surface area contributed by atoms with Crippen LogP contribution in [0.5, 0.6) is 0 Å². The van der Waals surface area contributed by atoms with Crippen molar-refractivity contribution in [2.24, 2.45) is 11.3 Å². The Morgan fingerprint density at radius 3 is 2.12 bits per heavy atom. The largest absolute Gasteiger partial charge is 0.395 e. The van der Waals surface area contributed by atoms with E-state index in [1.54, 1.807) is 13.8 Å². The zero-order chi connectivity index (χ0) is 13.4. The normalized spacial score (nSPS) is 30.5. The number of rotatable bonds is 3. The molecule has 1 nitrogen and oxygen atoms in total. The summed E-state index contributed by atoms with van der Waals surface area (Å²) in [5.41, 5.74) is -2.36. The standard InChI is InChI=1S/C11H13F5O/c1-5(2)3-11(4-17)9(15)7(13)6(12)8(14)10(11)16/h5,9,17H,3-4H2,1-2H3. The molecule has 98 valence electrons. The summed E-state index contributed by atoms with van der Waals surface area (Å²) in [6.07, 6.45) is -3.04. The summed E-state index contributed by atoms with van der Waals surface area (Å²) in [5.74, 6) is -8.32. The molecule has 2 atom stereocenters. The van der Waals surface area contributed by atoms with E-state index in [1.807, 2.05) is 0 Å². The third kappa shape index (κ3) is 2.10. The van der Waals surface area contributed by atoms with Crippen LogP contribution >= 0.6 is 0 Å². The van der Waals surface area contributed by atoms with Gasteiger partial charge in [0.2, 0.25) is 0 Å². The van der Waals surface area contributed by atoms with Crippen molar-refractivity contribution in [2.75, 3.05) is 6.61 Å². The number of hydrogen-bond acceptors (Lipinski definition) is 1. The third-order valence-corrected chi connectivity index (χ3v) is 2.79. The molecule has 1 aliphatic carbocycles. The Kier molecular flexibility index (Phi) is 3.96. The number of alkyl halides is 1. The van der Waals surface area contributed by atoms with Crippen molar-refractivity contribution in [2.45, 2.75) is 26.4 Å². The average Bonchev–Trinajstić information content (AvgIpc) is 2.29. The highest BCUT2D eigenvalue weighted by molar-refractivity contribution is 5.37. The molecule has 0 aromatic rings. The minimum atomic E-state index is -2.71. The molecular formula is C11H13F5O. The Balaban J connectivity index is 3.33. The molecule has 0 heterocycles. The van der Waals surface area contributed by atoms with E-state index in [9.17, 15) is 22.0 Å². The second-order valence-corrected chi connectivity index (χ2v) is 4.56. The van der Waals surface area contributed by atoms with Crippen molar-refractivity contribution in [3.05, 3.63) is 23.3 Å². The molecule has 0 aromatic carbocycles. The number of halogens is 5. The fraction of sp³-hybridized carbons (Fsp3) is 0.636. The summed E-state index contributed by atoms with van der Waals surface area (Å²) < 4.78 is 66.2. The first kappa shape index (κ1) is 14.2. The lowest BCUT2D eigenvalue weighted by molar-refractivity contribution is 0.0259. The lowest BCUT2D eigenvalue weighted by Gasteiger charge is -2.36. The molecule has 0 saturated heterocycles. The molecule has 17 heavy (non-hydrogen) atoms. The number of aliphatic hydroxyl groups is 1. The van der Waals surface area contributed by atoms with Gasteiger partial charge in [-0.05, 0) is 12.3 Å². The summed E-state index contributed by atoms with van der Waals surface area (Å²) in [4.78, 5) is 0. The van der Waals surface area contributed by atoms with E-state index in [-0.39, 0.29) is 12.3 Å².